The molecule has 140 valence electrons. The number of piperidine rings is 1. The summed E-state index contributed by atoms with van der Waals surface area (Å²) in [6, 6.07) is 5.76. The number of ether oxygens (including phenoxy) is 1. The molecule has 6 heteroatoms. The molecule has 1 aromatic carbocycles. The van der Waals surface area contributed by atoms with Crippen LogP contribution in [-0.4, -0.2) is 44.5 Å². The molecule has 25 heavy (non-hydrogen) atoms. The van der Waals surface area contributed by atoms with Crippen molar-refractivity contribution in [2.24, 2.45) is 5.92 Å². The lowest BCUT2D eigenvalue weighted by Crippen LogP contribution is -2.43. The van der Waals surface area contributed by atoms with Gasteiger partial charge in [-0.2, -0.15) is 4.31 Å². The Morgan fingerprint density at radius 1 is 1.20 bits per heavy atom. The highest BCUT2D eigenvalue weighted by Gasteiger charge is 2.33. The van der Waals surface area contributed by atoms with Crippen LogP contribution in [0, 0.1) is 12.8 Å². The van der Waals surface area contributed by atoms with Crippen LogP contribution in [0.4, 0.5) is 0 Å². The van der Waals surface area contributed by atoms with E-state index in [0.29, 0.717) is 29.9 Å². The Morgan fingerprint density at radius 3 is 2.48 bits per heavy atom. The smallest absolute Gasteiger partial charge is 0.243 e. The molecule has 2 aliphatic rings. The second kappa shape index (κ2) is 7.64. The molecular formula is C19H30N2O3S. The summed E-state index contributed by atoms with van der Waals surface area (Å²) < 4.78 is 33.3. The van der Waals surface area contributed by atoms with E-state index in [1.807, 2.05) is 20.8 Å². The molecule has 1 aromatic rings. The zero-order valence-corrected chi connectivity index (χ0v) is 16.3. The van der Waals surface area contributed by atoms with Crippen LogP contribution in [0.25, 0.3) is 0 Å². The van der Waals surface area contributed by atoms with Gasteiger partial charge < -0.3 is 10.1 Å². The van der Waals surface area contributed by atoms with Crippen LogP contribution in [0.1, 0.15) is 45.1 Å². The largest absolute Gasteiger partial charge is 0.491 e. The van der Waals surface area contributed by atoms with Crippen LogP contribution >= 0.6 is 0 Å². The van der Waals surface area contributed by atoms with Crippen molar-refractivity contribution in [3.63, 3.8) is 0 Å². The number of aryl methyl sites for hydroxylation is 1. The van der Waals surface area contributed by atoms with Gasteiger partial charge in [-0.1, -0.05) is 0 Å². The van der Waals surface area contributed by atoms with Crippen molar-refractivity contribution in [2.45, 2.75) is 63.5 Å². The molecule has 0 radical (unpaired) electrons. The fourth-order valence-corrected chi connectivity index (χ4v) is 5.51. The van der Waals surface area contributed by atoms with Gasteiger partial charge in [0.1, 0.15) is 5.75 Å². The van der Waals surface area contributed by atoms with Crippen molar-refractivity contribution >= 4 is 10.0 Å². The first kappa shape index (κ1) is 18.7. The number of hydrogen-bond acceptors (Lipinski definition) is 4. The van der Waals surface area contributed by atoms with Crippen LogP contribution < -0.4 is 10.1 Å². The summed E-state index contributed by atoms with van der Waals surface area (Å²) in [4.78, 5) is 0.374. The molecule has 0 spiro atoms. The zero-order valence-electron chi connectivity index (χ0n) is 15.5. The average Bonchev–Trinajstić information content (AvgIpc) is 3.11. The number of sulfonamides is 1. The molecule has 0 saturated carbocycles. The molecule has 1 atom stereocenters. The summed E-state index contributed by atoms with van der Waals surface area (Å²) in [6.45, 7) is 8.17. The van der Waals surface area contributed by atoms with E-state index < -0.39 is 10.0 Å². The second-order valence-electron chi connectivity index (χ2n) is 7.54. The van der Waals surface area contributed by atoms with E-state index in [9.17, 15) is 8.42 Å². The molecule has 1 N–H and O–H groups in total. The summed E-state index contributed by atoms with van der Waals surface area (Å²) in [5.41, 5.74) is 0.861. The highest BCUT2D eigenvalue weighted by atomic mass is 32.2. The monoisotopic (exact) mass is 366 g/mol. The predicted octanol–water partition coefficient (Wildman–Crippen LogP) is 2.93. The lowest BCUT2D eigenvalue weighted by atomic mass is 9.89. The Kier molecular flexibility index (Phi) is 5.71. The van der Waals surface area contributed by atoms with Crippen molar-refractivity contribution in [3.05, 3.63) is 23.8 Å². The zero-order chi connectivity index (χ0) is 18.0. The molecule has 0 aromatic heterocycles. The van der Waals surface area contributed by atoms with E-state index in [0.717, 1.165) is 30.7 Å². The van der Waals surface area contributed by atoms with Gasteiger partial charge in [-0.05, 0) is 82.7 Å². The summed E-state index contributed by atoms with van der Waals surface area (Å²) >= 11 is 0. The maximum Gasteiger partial charge on any atom is 0.243 e. The van der Waals surface area contributed by atoms with Gasteiger partial charge in [-0.15, -0.1) is 0 Å². The van der Waals surface area contributed by atoms with Gasteiger partial charge in [-0.25, -0.2) is 8.42 Å². The summed E-state index contributed by atoms with van der Waals surface area (Å²) in [7, 11) is -3.42. The highest BCUT2D eigenvalue weighted by Crippen LogP contribution is 2.30. The van der Waals surface area contributed by atoms with Gasteiger partial charge >= 0.3 is 0 Å². The topological polar surface area (TPSA) is 58.6 Å². The molecule has 2 heterocycles. The van der Waals surface area contributed by atoms with Crippen molar-refractivity contribution in [1.29, 1.82) is 0 Å². The maximum atomic E-state index is 13.0. The third-order valence-corrected chi connectivity index (χ3v) is 7.21. The van der Waals surface area contributed by atoms with Gasteiger partial charge in [0, 0.05) is 19.1 Å². The van der Waals surface area contributed by atoms with Crippen LogP contribution in [0.3, 0.4) is 0 Å². The summed E-state index contributed by atoms with van der Waals surface area (Å²) in [5.74, 6) is 1.36. The minimum atomic E-state index is -3.42. The van der Waals surface area contributed by atoms with Crippen molar-refractivity contribution < 1.29 is 13.2 Å². The Morgan fingerprint density at radius 2 is 1.92 bits per heavy atom. The molecule has 0 aliphatic carbocycles. The first-order valence-electron chi connectivity index (χ1n) is 9.39. The summed E-state index contributed by atoms with van der Waals surface area (Å²) in [5, 5.41) is 3.56. The van der Waals surface area contributed by atoms with Crippen LogP contribution in [0.2, 0.25) is 0 Å². The molecule has 2 saturated heterocycles. The van der Waals surface area contributed by atoms with Gasteiger partial charge in [-0.3, -0.25) is 0 Å². The van der Waals surface area contributed by atoms with Crippen LogP contribution in [-0.2, 0) is 10.0 Å². The minimum Gasteiger partial charge on any atom is -0.491 e. The van der Waals surface area contributed by atoms with Crippen molar-refractivity contribution in [1.82, 2.24) is 9.62 Å². The Hall–Kier alpha value is -1.11. The molecule has 5 nitrogen and oxygen atoms in total. The normalized spacial score (nSPS) is 23.3. The van der Waals surface area contributed by atoms with E-state index in [-0.39, 0.29) is 6.10 Å². The van der Waals surface area contributed by atoms with E-state index in [1.165, 1.54) is 12.8 Å². The highest BCUT2D eigenvalue weighted by molar-refractivity contribution is 7.89. The van der Waals surface area contributed by atoms with Crippen molar-refractivity contribution in [3.8, 4) is 5.75 Å². The number of benzene rings is 1. The predicted molar refractivity (Wildman–Crippen MR) is 99.5 cm³/mol. The summed E-state index contributed by atoms with van der Waals surface area (Å²) in [6.07, 6.45) is 4.44. The van der Waals surface area contributed by atoms with Gasteiger partial charge in [0.05, 0.1) is 11.0 Å². The Labute approximate surface area is 151 Å². The molecule has 2 aliphatic heterocycles. The minimum absolute atomic E-state index is 0.0735. The Bertz CT molecular complexity index is 689. The molecule has 0 amide bonds. The van der Waals surface area contributed by atoms with E-state index in [1.54, 1.807) is 22.5 Å². The van der Waals surface area contributed by atoms with Crippen LogP contribution in [0.15, 0.2) is 23.1 Å². The number of rotatable bonds is 5. The van der Waals surface area contributed by atoms with Gasteiger partial charge in [0.25, 0.3) is 0 Å². The van der Waals surface area contributed by atoms with E-state index >= 15 is 0 Å². The van der Waals surface area contributed by atoms with E-state index in [4.69, 9.17) is 4.74 Å². The molecular weight excluding hydrogens is 336 g/mol. The second-order valence-corrected chi connectivity index (χ2v) is 9.48. The fraction of sp³-hybridized carbons (Fsp3) is 0.684. The molecule has 0 bridgehead atoms. The number of hydrogen-bond donors (Lipinski definition) is 1. The fourth-order valence-electron chi connectivity index (χ4n) is 3.95. The molecule has 2 fully saturated rings. The first-order chi connectivity index (χ1) is 11.9. The van der Waals surface area contributed by atoms with Gasteiger partial charge in [0.2, 0.25) is 10.0 Å². The first-order valence-corrected chi connectivity index (χ1v) is 10.8. The number of nitrogens with zero attached hydrogens (tertiary/aromatic N) is 1. The molecule has 1 unspecified atom stereocenters. The number of nitrogens with one attached hydrogen (secondary N) is 1. The third kappa shape index (κ3) is 4.18. The molecule has 3 rings (SSSR count). The lowest BCUT2D eigenvalue weighted by molar-refractivity contribution is 0.234. The maximum absolute atomic E-state index is 13.0. The average molecular weight is 367 g/mol. The third-order valence-electron chi connectivity index (χ3n) is 5.31. The van der Waals surface area contributed by atoms with Crippen molar-refractivity contribution in [2.75, 3.05) is 19.6 Å². The van der Waals surface area contributed by atoms with Gasteiger partial charge in [0.15, 0.2) is 0 Å². The van der Waals surface area contributed by atoms with E-state index in [2.05, 4.69) is 5.32 Å². The quantitative estimate of drug-likeness (QED) is 0.870. The Balaban J connectivity index is 1.68. The SMILES string of the molecule is Cc1cc(S(=O)(=O)N2CCC(C3CCCN3)CC2)ccc1OC(C)C. The van der Waals surface area contributed by atoms with Crippen LogP contribution in [0.5, 0.6) is 5.75 Å². The standard InChI is InChI=1S/C19H30N2O3S/c1-14(2)24-19-7-6-17(13-15(19)3)25(22,23)21-11-8-16(9-12-21)18-5-4-10-20-18/h6-7,13-14,16,18,20H,4-5,8-12H2,1-3H3. The lowest BCUT2D eigenvalue weighted by Gasteiger charge is -2.34.